The van der Waals surface area contributed by atoms with E-state index in [0.29, 0.717) is 0 Å². The summed E-state index contributed by atoms with van der Waals surface area (Å²) in [7, 11) is -11.6. The van der Waals surface area contributed by atoms with Crippen LogP contribution in [0.4, 0.5) is 25.2 Å². The molecule has 10 rings (SSSR count). The van der Waals surface area contributed by atoms with Crippen molar-refractivity contribution in [3.05, 3.63) is 278 Å². The van der Waals surface area contributed by atoms with E-state index in [0.717, 1.165) is 12.3 Å². The second-order valence-corrected chi connectivity index (χ2v) is 21.8. The van der Waals surface area contributed by atoms with Crippen LogP contribution in [0, 0.1) is 254 Å². The third-order valence-corrected chi connectivity index (χ3v) is 14.5. The maximum atomic E-state index is 9.87. The van der Waals surface area contributed by atoms with Gasteiger partial charge in [0.25, 0.3) is 0 Å². The molecule has 383 valence electrons. The van der Waals surface area contributed by atoms with Gasteiger partial charge in [0, 0.05) is 42.1 Å². The van der Waals surface area contributed by atoms with E-state index in [4.69, 9.17) is 9.47 Å². The minimum atomic E-state index is -10.7. The summed E-state index contributed by atoms with van der Waals surface area (Å²) in [4.78, 5) is 0. The van der Waals surface area contributed by atoms with Crippen LogP contribution in [0.2, 0.25) is 0 Å². The summed E-state index contributed by atoms with van der Waals surface area (Å²) in [5.74, 6) is -0.548. The van der Waals surface area contributed by atoms with E-state index < -0.39 is 29.4 Å². The Morgan fingerprint density at radius 2 is 0.521 bits per heavy atom. The number of ether oxygens (including phenoxy) is 2. The fourth-order valence-electron chi connectivity index (χ4n) is 6.61. The second kappa shape index (κ2) is 41.0. The number of rotatable bonds is 8. The third-order valence-electron chi connectivity index (χ3n) is 9.39. The molecule has 0 aromatic rings. The average Bonchev–Trinajstić information content (AvgIpc) is 4.13. The van der Waals surface area contributed by atoms with Gasteiger partial charge in [-0.2, -0.15) is 0 Å². The second-order valence-electron chi connectivity index (χ2n) is 15.4. The van der Waals surface area contributed by atoms with Crippen LogP contribution in [-0.4, -0.2) is 30.3 Å². The van der Waals surface area contributed by atoms with Crippen LogP contribution in [0.5, 0.6) is 0 Å². The third kappa shape index (κ3) is 39.1. The largest absolute Gasteiger partial charge is 2.00 e. The summed E-state index contributed by atoms with van der Waals surface area (Å²) in [5, 5.41) is 0. The van der Waals surface area contributed by atoms with Crippen molar-refractivity contribution in [2.45, 2.75) is 57.5 Å². The molecule has 1 aliphatic heterocycles. The molecule has 0 spiro atoms. The molecule has 0 bridgehead atoms. The monoisotopic (exact) mass is 1290 g/mol. The van der Waals surface area contributed by atoms with Gasteiger partial charge >= 0.3 is 101 Å². The number of hydrogen-bond acceptors (Lipinski definition) is 2. The van der Waals surface area contributed by atoms with Gasteiger partial charge in [-0.1, -0.05) is 40.1 Å². The first-order valence-electron chi connectivity index (χ1n) is 21.8. The minimum Gasteiger partial charge on any atom is -0.0312 e. The van der Waals surface area contributed by atoms with Gasteiger partial charge in [0.15, 0.2) is 5.79 Å². The maximum absolute atomic E-state index is 10.7. The molecule has 1 heterocycles. The first kappa shape index (κ1) is 76.0. The zero-order valence-corrected chi connectivity index (χ0v) is 47.9. The summed E-state index contributed by atoms with van der Waals surface area (Å²) in [6.07, 6.45) is 91.4. The van der Waals surface area contributed by atoms with Crippen molar-refractivity contribution in [3.63, 3.8) is 0 Å². The van der Waals surface area contributed by atoms with Crippen molar-refractivity contribution in [3.8, 4) is 0 Å². The number of allylic oxidation sites excluding steroid dienone is 4. The first-order chi connectivity index (χ1) is 31.5. The summed E-state index contributed by atoms with van der Waals surface area (Å²) in [6.45, 7) is 4.11. The van der Waals surface area contributed by atoms with Crippen molar-refractivity contribution >= 4 is 23.7 Å². The Labute approximate surface area is 490 Å². The van der Waals surface area contributed by atoms with Crippen LogP contribution in [0.1, 0.15) is 39.5 Å². The van der Waals surface area contributed by atoms with Crippen molar-refractivity contribution < 1.29 is 122 Å². The van der Waals surface area contributed by atoms with E-state index in [1.54, 1.807) is 0 Å². The van der Waals surface area contributed by atoms with Crippen LogP contribution < -0.4 is 0 Å². The molecule has 2 nitrogen and oxygen atoms in total. The summed E-state index contributed by atoms with van der Waals surface area (Å²) in [6, 6.07) is 0. The fraction of sp³-hybridized carbons (Fsp3) is 0.200. The molecule has 0 aromatic carbocycles. The quantitative estimate of drug-likeness (QED) is 0.104. The Balaban J connectivity index is 0. The van der Waals surface area contributed by atoms with E-state index in [1.807, 2.05) is 128 Å². The zero-order valence-electron chi connectivity index (χ0n) is 39.2. The van der Waals surface area contributed by atoms with Gasteiger partial charge in [0.2, 0.25) is 0 Å². The average molecular weight is 1290 g/mol. The summed E-state index contributed by atoms with van der Waals surface area (Å²) >= 11 is 0. The van der Waals surface area contributed by atoms with Crippen molar-refractivity contribution in [1.82, 2.24) is 0 Å². The van der Waals surface area contributed by atoms with Gasteiger partial charge in [0.1, 0.15) is 0 Å². The van der Waals surface area contributed by atoms with E-state index in [9.17, 15) is 25.2 Å². The molecule has 0 unspecified atom stereocenters. The van der Waals surface area contributed by atoms with Crippen molar-refractivity contribution in [2.24, 2.45) is 0 Å². The van der Waals surface area contributed by atoms with Gasteiger partial charge in [0.05, 0.1) is 12.2 Å². The number of halogens is 6. The Bertz CT molecular complexity index is 1110. The van der Waals surface area contributed by atoms with Gasteiger partial charge in [-0.05, 0) is 283 Å². The molecule has 71 heavy (non-hydrogen) atoms. The normalized spacial score (nSPS) is 26.9. The van der Waals surface area contributed by atoms with E-state index in [-0.39, 0.29) is 100.0 Å². The fourth-order valence-corrected chi connectivity index (χ4v) is 11.5. The van der Waals surface area contributed by atoms with Crippen molar-refractivity contribution in [1.29, 1.82) is 0 Å². The Morgan fingerprint density at radius 1 is 0.366 bits per heavy atom. The molecule has 8 saturated carbocycles. The Morgan fingerprint density at radius 3 is 0.676 bits per heavy atom. The summed E-state index contributed by atoms with van der Waals surface area (Å²) in [5.41, 5.74) is 5.68. The standard InChI is InChI=1S/C27H28O2P2.C8H12.4C5H5.F6P.4Fe.Rh/c1-27(2)28-25(19-30(21-11-3-4-12-21)22-13-5-6-14-22)26(29-27)20-31(23-15-7-8-16-23)24-17-9-10-18-24;1-2-4-6-8-7-5-3-1;4*1-2-4-5-3-1;1-7(2,3,4,5)6;;;;;/h3-18,25-26H,19-20H2,1-2H3;1-2,7-8H,3-6H2;4*1-5H;;;;;;/q;;;;;;-1;4*+2;/b;2-1-,8-7-;;;;;;;;;;/t25-,26-;;;;;;;;;;;/m0.........../s1. The van der Waals surface area contributed by atoms with Crippen LogP contribution in [0.15, 0.2) is 24.3 Å². The molecule has 0 amide bonds. The molecular formula is C55H60F6Fe4O2P3Rh+7. The van der Waals surface area contributed by atoms with Gasteiger partial charge in [-0.15, -0.1) is 0 Å². The Kier molecular flexibility index (Phi) is 44.0. The van der Waals surface area contributed by atoms with E-state index in [1.165, 1.54) is 48.3 Å². The molecule has 2 atom stereocenters. The van der Waals surface area contributed by atoms with E-state index >= 15 is 0 Å². The molecule has 0 N–H and O–H groups in total. The molecule has 41 radical (unpaired) electrons. The molecule has 10 aliphatic rings. The molecule has 9 aliphatic carbocycles. The predicted octanol–water partition coefficient (Wildman–Crippen LogP) is 16.0. The molecule has 16 heteroatoms. The molecule has 0 aromatic heterocycles. The topological polar surface area (TPSA) is 18.5 Å². The molecule has 1 saturated heterocycles. The van der Waals surface area contributed by atoms with Crippen molar-refractivity contribution in [2.75, 3.05) is 12.3 Å². The van der Waals surface area contributed by atoms with Crippen LogP contribution in [0.25, 0.3) is 0 Å². The Hall–Kier alpha value is 2.97. The first-order valence-corrected chi connectivity index (χ1v) is 26.9. The summed E-state index contributed by atoms with van der Waals surface area (Å²) < 4.78 is 72.3. The van der Waals surface area contributed by atoms with Gasteiger partial charge in [-0.3, -0.25) is 0 Å². The molecular weight excluding hydrogens is 1230 g/mol. The van der Waals surface area contributed by atoms with Crippen LogP contribution >= 0.6 is 23.7 Å². The van der Waals surface area contributed by atoms with E-state index in [2.05, 4.69) is 141 Å². The van der Waals surface area contributed by atoms with Gasteiger partial charge in [-0.25, -0.2) is 0 Å². The predicted molar refractivity (Wildman–Crippen MR) is 265 cm³/mol. The minimum absolute atomic E-state index is 0. The van der Waals surface area contributed by atoms with Crippen LogP contribution in [0.3, 0.4) is 0 Å². The SMILES string of the molecule is C1=C\CC/C=C\CC/1.CC1(C)O[C@@H](CP([C]2[CH][CH][CH][CH]2)[C]2[CH][CH][CH][CH]2)[C@H](CP([C]2[CH][CH][CH][CH]2)[C]2[CH][CH][CH][CH]2)O1.F[P-](F)(F)(F)(F)F.[CH]1[CH][CH][CH][CH]1.[CH]1[CH][CH][CH][CH]1.[CH]1[CH][CH][CH][CH]1.[CH]1[CH][CH][CH][CH]1.[Fe+2].[Fe+2].[Fe+2].[Fe+2].[Rh]. The zero-order chi connectivity index (χ0) is 47.5. The molecule has 9 fully saturated rings. The maximum Gasteiger partial charge on any atom is 2.00 e. The number of hydrogen-bond donors (Lipinski definition) is 0. The van der Waals surface area contributed by atoms with Gasteiger partial charge < -0.3 is 9.47 Å². The van der Waals surface area contributed by atoms with Crippen LogP contribution in [-0.2, 0) is 97.2 Å². The smallest absolute Gasteiger partial charge is 0.0312 e.